The fourth-order valence-corrected chi connectivity index (χ4v) is 3.21. The third-order valence-electron chi connectivity index (χ3n) is 4.84. The van der Waals surface area contributed by atoms with Gasteiger partial charge in [0.1, 0.15) is 0 Å². The zero-order valence-corrected chi connectivity index (χ0v) is 15.1. The van der Waals surface area contributed by atoms with Crippen molar-refractivity contribution >= 4 is 5.82 Å². The predicted octanol–water partition coefficient (Wildman–Crippen LogP) is 3.45. The van der Waals surface area contributed by atoms with Crippen LogP contribution in [0.25, 0.3) is 0 Å². The predicted molar refractivity (Wildman–Crippen MR) is 99.0 cm³/mol. The fourth-order valence-electron chi connectivity index (χ4n) is 3.21. The summed E-state index contributed by atoms with van der Waals surface area (Å²) in [6.45, 7) is 6.39. The first kappa shape index (κ1) is 17.7. The average Bonchev–Trinajstić information content (AvgIpc) is 2.63. The van der Waals surface area contributed by atoms with Crippen LogP contribution in [0.2, 0.25) is 0 Å². The standard InChI is InChI=1S/C20H27N3O2/c1-3-4-14-25-19-9-8-18(21-22-19)23-12-10-20(24,11-13-23)17-7-5-6-16(2)15-17/h5-9,15,24H,3-4,10-14H2,1-2H3. The average molecular weight is 341 g/mol. The van der Waals surface area contributed by atoms with E-state index in [0.717, 1.165) is 37.3 Å². The van der Waals surface area contributed by atoms with Gasteiger partial charge in [-0.05, 0) is 37.8 Å². The Bertz CT molecular complexity index is 680. The molecule has 1 N–H and O–H groups in total. The summed E-state index contributed by atoms with van der Waals surface area (Å²) in [5.74, 6) is 1.42. The van der Waals surface area contributed by atoms with E-state index in [0.29, 0.717) is 25.3 Å². The Balaban J connectivity index is 1.60. The van der Waals surface area contributed by atoms with Gasteiger partial charge in [0.2, 0.25) is 5.88 Å². The molecule has 3 rings (SSSR count). The van der Waals surface area contributed by atoms with E-state index in [4.69, 9.17) is 4.74 Å². The topological polar surface area (TPSA) is 58.5 Å². The zero-order chi connectivity index (χ0) is 17.7. The van der Waals surface area contributed by atoms with Crippen molar-refractivity contribution in [2.75, 3.05) is 24.6 Å². The Morgan fingerprint density at radius 2 is 1.96 bits per heavy atom. The van der Waals surface area contributed by atoms with Crippen molar-refractivity contribution in [1.29, 1.82) is 0 Å². The van der Waals surface area contributed by atoms with Gasteiger partial charge in [-0.3, -0.25) is 0 Å². The van der Waals surface area contributed by atoms with Gasteiger partial charge in [-0.25, -0.2) is 0 Å². The van der Waals surface area contributed by atoms with E-state index in [1.54, 1.807) is 0 Å². The smallest absolute Gasteiger partial charge is 0.233 e. The van der Waals surface area contributed by atoms with Crippen molar-refractivity contribution in [2.24, 2.45) is 0 Å². The first-order valence-electron chi connectivity index (χ1n) is 9.12. The van der Waals surface area contributed by atoms with Crippen LogP contribution >= 0.6 is 0 Å². The highest BCUT2D eigenvalue weighted by Crippen LogP contribution is 2.34. The van der Waals surface area contributed by atoms with Gasteiger partial charge in [0, 0.05) is 19.2 Å². The lowest BCUT2D eigenvalue weighted by Crippen LogP contribution is -2.43. The van der Waals surface area contributed by atoms with Gasteiger partial charge in [0.25, 0.3) is 0 Å². The third-order valence-corrected chi connectivity index (χ3v) is 4.84. The van der Waals surface area contributed by atoms with Crippen LogP contribution in [0.15, 0.2) is 36.4 Å². The van der Waals surface area contributed by atoms with Gasteiger partial charge in [0.15, 0.2) is 5.82 Å². The Morgan fingerprint density at radius 1 is 1.16 bits per heavy atom. The van der Waals surface area contributed by atoms with Crippen molar-refractivity contribution < 1.29 is 9.84 Å². The molecule has 0 atom stereocenters. The number of unbranched alkanes of at least 4 members (excludes halogenated alkanes) is 1. The summed E-state index contributed by atoms with van der Waals surface area (Å²) in [6, 6.07) is 12.0. The van der Waals surface area contributed by atoms with Crippen LogP contribution in [-0.2, 0) is 5.60 Å². The maximum Gasteiger partial charge on any atom is 0.233 e. The van der Waals surface area contributed by atoms with Gasteiger partial charge >= 0.3 is 0 Å². The molecule has 0 radical (unpaired) electrons. The summed E-state index contributed by atoms with van der Waals surface area (Å²) in [6.07, 6.45) is 3.50. The number of aromatic nitrogens is 2. The van der Waals surface area contributed by atoms with Crippen molar-refractivity contribution in [3.63, 3.8) is 0 Å². The minimum Gasteiger partial charge on any atom is -0.477 e. The molecule has 0 aliphatic carbocycles. The van der Waals surface area contributed by atoms with Crippen molar-refractivity contribution in [1.82, 2.24) is 10.2 Å². The highest BCUT2D eigenvalue weighted by Gasteiger charge is 2.34. The van der Waals surface area contributed by atoms with Crippen molar-refractivity contribution in [3.8, 4) is 5.88 Å². The maximum atomic E-state index is 11.0. The molecule has 1 saturated heterocycles. The lowest BCUT2D eigenvalue weighted by molar-refractivity contribution is 0.0116. The van der Waals surface area contributed by atoms with E-state index < -0.39 is 5.60 Å². The minimum absolute atomic E-state index is 0.575. The summed E-state index contributed by atoms with van der Waals surface area (Å²) in [4.78, 5) is 2.17. The Labute approximate surface area is 149 Å². The third kappa shape index (κ3) is 4.28. The SMILES string of the molecule is CCCCOc1ccc(N2CCC(O)(c3cccc(C)c3)CC2)nn1. The van der Waals surface area contributed by atoms with E-state index in [9.17, 15) is 5.11 Å². The minimum atomic E-state index is -0.751. The number of piperidine rings is 1. The molecule has 1 aromatic carbocycles. The molecule has 5 heteroatoms. The van der Waals surface area contributed by atoms with Crippen LogP contribution in [0.1, 0.15) is 43.7 Å². The molecule has 134 valence electrons. The molecule has 1 aliphatic rings. The Morgan fingerprint density at radius 3 is 2.60 bits per heavy atom. The molecule has 5 nitrogen and oxygen atoms in total. The van der Waals surface area contributed by atoms with Crippen LogP contribution in [0.5, 0.6) is 5.88 Å². The Kier molecular flexibility index (Phi) is 5.53. The lowest BCUT2D eigenvalue weighted by Gasteiger charge is -2.39. The summed E-state index contributed by atoms with van der Waals surface area (Å²) in [5.41, 5.74) is 1.44. The molecule has 2 aromatic rings. The van der Waals surface area contributed by atoms with Gasteiger partial charge in [-0.2, -0.15) is 0 Å². The normalized spacial score (nSPS) is 16.7. The van der Waals surface area contributed by atoms with Crippen molar-refractivity contribution in [2.45, 2.75) is 45.1 Å². The second kappa shape index (κ2) is 7.83. The molecule has 1 aliphatic heterocycles. The molecule has 1 aromatic heterocycles. The molecule has 0 spiro atoms. The summed E-state index contributed by atoms with van der Waals surface area (Å²) >= 11 is 0. The van der Waals surface area contributed by atoms with Crippen LogP contribution < -0.4 is 9.64 Å². The number of aryl methyl sites for hydroxylation is 1. The van der Waals surface area contributed by atoms with Crippen LogP contribution in [0, 0.1) is 6.92 Å². The quantitative estimate of drug-likeness (QED) is 0.816. The van der Waals surface area contributed by atoms with Gasteiger partial charge in [-0.15, -0.1) is 10.2 Å². The van der Waals surface area contributed by atoms with Gasteiger partial charge in [0.05, 0.1) is 12.2 Å². The summed E-state index contributed by atoms with van der Waals surface area (Å²) in [5, 5.41) is 19.5. The van der Waals surface area contributed by atoms with Gasteiger partial charge in [-0.1, -0.05) is 43.2 Å². The number of anilines is 1. The molecular weight excluding hydrogens is 314 g/mol. The van der Waals surface area contributed by atoms with Crippen LogP contribution in [0.4, 0.5) is 5.82 Å². The molecule has 0 amide bonds. The largest absolute Gasteiger partial charge is 0.477 e. The number of hydrogen-bond acceptors (Lipinski definition) is 5. The summed E-state index contributed by atoms with van der Waals surface area (Å²) < 4.78 is 5.56. The van der Waals surface area contributed by atoms with Gasteiger partial charge < -0.3 is 14.7 Å². The molecule has 0 saturated carbocycles. The van der Waals surface area contributed by atoms with E-state index in [1.165, 1.54) is 5.56 Å². The second-order valence-corrected chi connectivity index (χ2v) is 6.82. The number of ether oxygens (including phenoxy) is 1. The van der Waals surface area contributed by atoms with E-state index in [2.05, 4.69) is 41.1 Å². The van der Waals surface area contributed by atoms with E-state index in [-0.39, 0.29) is 0 Å². The molecule has 0 unspecified atom stereocenters. The van der Waals surface area contributed by atoms with E-state index >= 15 is 0 Å². The molecule has 25 heavy (non-hydrogen) atoms. The number of aliphatic hydroxyl groups is 1. The molecule has 1 fully saturated rings. The molecule has 2 heterocycles. The number of nitrogens with zero attached hydrogens (tertiary/aromatic N) is 3. The van der Waals surface area contributed by atoms with Crippen molar-refractivity contribution in [3.05, 3.63) is 47.5 Å². The maximum absolute atomic E-state index is 11.0. The number of benzene rings is 1. The Hall–Kier alpha value is -2.14. The fraction of sp³-hybridized carbons (Fsp3) is 0.500. The first-order chi connectivity index (χ1) is 12.1. The molecular formula is C20H27N3O2. The number of rotatable bonds is 6. The number of hydrogen-bond donors (Lipinski definition) is 1. The lowest BCUT2D eigenvalue weighted by atomic mass is 9.84. The summed E-state index contributed by atoms with van der Waals surface area (Å²) in [7, 11) is 0. The first-order valence-corrected chi connectivity index (χ1v) is 9.12. The highest BCUT2D eigenvalue weighted by molar-refractivity contribution is 5.40. The monoisotopic (exact) mass is 341 g/mol. The highest BCUT2D eigenvalue weighted by atomic mass is 16.5. The van der Waals surface area contributed by atoms with E-state index in [1.807, 2.05) is 24.3 Å². The molecule has 0 bridgehead atoms. The zero-order valence-electron chi connectivity index (χ0n) is 15.1. The van der Waals surface area contributed by atoms with Crippen LogP contribution in [-0.4, -0.2) is 35.0 Å². The van der Waals surface area contributed by atoms with Crippen LogP contribution in [0.3, 0.4) is 0 Å². The second-order valence-electron chi connectivity index (χ2n) is 6.82.